The minimum absolute atomic E-state index is 0.363. The molecule has 4 rings (SSSR count). The van der Waals surface area contributed by atoms with Crippen LogP contribution in [-0.4, -0.2) is 40.6 Å². The van der Waals surface area contributed by atoms with Crippen LogP contribution in [0.25, 0.3) is 11.1 Å². The molecule has 28 heavy (non-hydrogen) atoms. The van der Waals surface area contributed by atoms with Crippen molar-refractivity contribution in [3.05, 3.63) is 57.7 Å². The standard InChI is InChI=1S/C18H16ClF3N4O2/c19-13-2-3-14-15(9-13)28-17(27)26(14)11-24-5-7-25(8-6-24)16-4-1-12(10-23-16)18(20,21)22/h1-4,9-10H,5-8,11H2. The fourth-order valence-corrected chi connectivity index (χ4v) is 3.40. The maximum atomic E-state index is 12.7. The van der Waals surface area contributed by atoms with E-state index in [4.69, 9.17) is 16.0 Å². The van der Waals surface area contributed by atoms with Gasteiger partial charge in [-0.1, -0.05) is 11.6 Å². The summed E-state index contributed by atoms with van der Waals surface area (Å²) in [5.74, 6) is 0.0531. The molecule has 10 heteroatoms. The zero-order valence-electron chi connectivity index (χ0n) is 14.6. The van der Waals surface area contributed by atoms with Crippen LogP contribution in [0.15, 0.2) is 45.7 Å². The number of rotatable bonds is 3. The monoisotopic (exact) mass is 412 g/mol. The van der Waals surface area contributed by atoms with Crippen molar-refractivity contribution >= 4 is 28.5 Å². The number of alkyl halides is 3. The number of fused-ring (bicyclic) bond motifs is 1. The number of pyridine rings is 1. The average molecular weight is 413 g/mol. The van der Waals surface area contributed by atoms with Crippen LogP contribution in [0, 0.1) is 0 Å². The Bertz CT molecular complexity index is 1040. The van der Waals surface area contributed by atoms with Gasteiger partial charge in [0.15, 0.2) is 5.58 Å². The highest BCUT2D eigenvalue weighted by molar-refractivity contribution is 6.31. The molecule has 0 saturated carbocycles. The summed E-state index contributed by atoms with van der Waals surface area (Å²) in [6, 6.07) is 7.46. The molecule has 0 aliphatic carbocycles. The number of anilines is 1. The lowest BCUT2D eigenvalue weighted by Crippen LogP contribution is -2.47. The minimum Gasteiger partial charge on any atom is -0.408 e. The molecule has 0 bridgehead atoms. The number of benzene rings is 1. The molecule has 1 aromatic carbocycles. The molecule has 2 aromatic heterocycles. The lowest BCUT2D eigenvalue weighted by Gasteiger charge is -2.35. The molecule has 1 saturated heterocycles. The van der Waals surface area contributed by atoms with Crippen LogP contribution in [0.2, 0.25) is 5.02 Å². The molecule has 0 spiro atoms. The summed E-state index contributed by atoms with van der Waals surface area (Å²) < 4.78 is 44.7. The van der Waals surface area contributed by atoms with Crippen molar-refractivity contribution in [2.24, 2.45) is 0 Å². The van der Waals surface area contributed by atoms with Gasteiger partial charge >= 0.3 is 11.9 Å². The highest BCUT2D eigenvalue weighted by Crippen LogP contribution is 2.29. The van der Waals surface area contributed by atoms with Crippen LogP contribution in [0.3, 0.4) is 0 Å². The van der Waals surface area contributed by atoms with E-state index in [0.29, 0.717) is 54.8 Å². The van der Waals surface area contributed by atoms with E-state index in [0.717, 1.165) is 12.3 Å². The van der Waals surface area contributed by atoms with Gasteiger partial charge in [0.25, 0.3) is 0 Å². The first-order valence-electron chi connectivity index (χ1n) is 8.61. The third-order valence-electron chi connectivity index (χ3n) is 4.74. The van der Waals surface area contributed by atoms with Crippen molar-refractivity contribution in [3.8, 4) is 0 Å². The van der Waals surface area contributed by atoms with Crippen molar-refractivity contribution in [1.82, 2.24) is 14.5 Å². The highest BCUT2D eigenvalue weighted by Gasteiger charge is 2.31. The third-order valence-corrected chi connectivity index (χ3v) is 4.98. The predicted molar refractivity (Wildman–Crippen MR) is 98.5 cm³/mol. The Morgan fingerprint density at radius 1 is 1.11 bits per heavy atom. The maximum Gasteiger partial charge on any atom is 0.421 e. The summed E-state index contributed by atoms with van der Waals surface area (Å²) in [5.41, 5.74) is 0.340. The number of hydrogen-bond donors (Lipinski definition) is 0. The molecule has 0 amide bonds. The Hall–Kier alpha value is -2.52. The largest absolute Gasteiger partial charge is 0.421 e. The molecule has 0 N–H and O–H groups in total. The summed E-state index contributed by atoms with van der Waals surface area (Å²) >= 11 is 5.93. The van der Waals surface area contributed by atoms with Crippen molar-refractivity contribution in [3.63, 3.8) is 0 Å². The van der Waals surface area contributed by atoms with Gasteiger partial charge in [-0.3, -0.25) is 9.47 Å². The summed E-state index contributed by atoms with van der Waals surface area (Å²) in [7, 11) is 0. The van der Waals surface area contributed by atoms with E-state index in [1.165, 1.54) is 10.6 Å². The summed E-state index contributed by atoms with van der Waals surface area (Å²) in [4.78, 5) is 20.1. The summed E-state index contributed by atoms with van der Waals surface area (Å²) in [6.07, 6.45) is -3.54. The minimum atomic E-state index is -4.39. The Labute approximate surface area is 162 Å². The first-order chi connectivity index (χ1) is 13.3. The smallest absolute Gasteiger partial charge is 0.408 e. The molecule has 1 fully saturated rings. The molecular formula is C18H16ClF3N4O2. The van der Waals surface area contributed by atoms with Gasteiger partial charge in [0.1, 0.15) is 5.82 Å². The lowest BCUT2D eigenvalue weighted by atomic mass is 10.2. The number of piperazine rings is 1. The molecule has 148 valence electrons. The second kappa shape index (κ2) is 7.14. The number of hydrogen-bond acceptors (Lipinski definition) is 5. The molecule has 0 unspecified atom stereocenters. The van der Waals surface area contributed by atoms with Crippen LogP contribution in [0.5, 0.6) is 0 Å². The average Bonchev–Trinajstić information content (AvgIpc) is 2.96. The number of halogens is 4. The quantitative estimate of drug-likeness (QED) is 0.659. The molecule has 1 aliphatic heterocycles. The van der Waals surface area contributed by atoms with Gasteiger partial charge in [0.2, 0.25) is 0 Å². The zero-order chi connectivity index (χ0) is 19.9. The molecule has 3 heterocycles. The van der Waals surface area contributed by atoms with Gasteiger partial charge in [-0.25, -0.2) is 9.78 Å². The third kappa shape index (κ3) is 3.72. The Morgan fingerprint density at radius 3 is 2.50 bits per heavy atom. The molecule has 1 aliphatic rings. The van der Waals surface area contributed by atoms with Crippen molar-refractivity contribution in [2.75, 3.05) is 31.1 Å². The van der Waals surface area contributed by atoms with E-state index in [2.05, 4.69) is 9.88 Å². The van der Waals surface area contributed by atoms with E-state index < -0.39 is 17.5 Å². The summed E-state index contributed by atoms with van der Waals surface area (Å²) in [6.45, 7) is 2.82. The topological polar surface area (TPSA) is 54.5 Å². The van der Waals surface area contributed by atoms with Crippen LogP contribution in [-0.2, 0) is 12.8 Å². The zero-order valence-corrected chi connectivity index (χ0v) is 15.4. The first-order valence-corrected chi connectivity index (χ1v) is 8.98. The van der Waals surface area contributed by atoms with E-state index in [1.807, 2.05) is 4.90 Å². The number of nitrogens with zero attached hydrogens (tertiary/aromatic N) is 4. The number of aromatic nitrogens is 2. The van der Waals surface area contributed by atoms with Crippen molar-refractivity contribution in [1.29, 1.82) is 0 Å². The second-order valence-corrected chi connectivity index (χ2v) is 6.99. The predicted octanol–water partition coefficient (Wildman–Crippen LogP) is 3.44. The second-order valence-electron chi connectivity index (χ2n) is 6.56. The number of oxazole rings is 1. The molecule has 6 nitrogen and oxygen atoms in total. The lowest BCUT2D eigenvalue weighted by molar-refractivity contribution is -0.137. The fraction of sp³-hybridized carbons (Fsp3) is 0.333. The van der Waals surface area contributed by atoms with E-state index in [-0.39, 0.29) is 0 Å². The van der Waals surface area contributed by atoms with E-state index >= 15 is 0 Å². The van der Waals surface area contributed by atoms with Gasteiger partial charge in [-0.05, 0) is 24.3 Å². The van der Waals surface area contributed by atoms with Crippen molar-refractivity contribution < 1.29 is 17.6 Å². The Kier molecular flexibility index (Phi) is 4.80. The van der Waals surface area contributed by atoms with Crippen LogP contribution in [0.1, 0.15) is 5.56 Å². The SMILES string of the molecule is O=c1oc2cc(Cl)ccc2n1CN1CCN(c2ccc(C(F)(F)F)cn2)CC1. The highest BCUT2D eigenvalue weighted by atomic mass is 35.5. The molecular weight excluding hydrogens is 397 g/mol. The maximum absolute atomic E-state index is 12.7. The van der Waals surface area contributed by atoms with Crippen LogP contribution < -0.4 is 10.7 Å². The van der Waals surface area contributed by atoms with Crippen LogP contribution in [0.4, 0.5) is 19.0 Å². The fourth-order valence-electron chi connectivity index (χ4n) is 3.23. The van der Waals surface area contributed by atoms with Gasteiger partial charge < -0.3 is 9.32 Å². The first kappa shape index (κ1) is 18.8. The van der Waals surface area contributed by atoms with Crippen molar-refractivity contribution in [2.45, 2.75) is 12.8 Å². The molecule has 3 aromatic rings. The molecule has 0 atom stereocenters. The van der Waals surface area contributed by atoms with E-state index in [9.17, 15) is 18.0 Å². The Balaban J connectivity index is 1.42. The van der Waals surface area contributed by atoms with Gasteiger partial charge in [-0.15, -0.1) is 0 Å². The van der Waals surface area contributed by atoms with Crippen LogP contribution >= 0.6 is 11.6 Å². The van der Waals surface area contributed by atoms with Gasteiger partial charge in [-0.2, -0.15) is 13.2 Å². The normalized spacial score (nSPS) is 16.1. The Morgan fingerprint density at radius 2 is 1.86 bits per heavy atom. The van der Waals surface area contributed by atoms with E-state index in [1.54, 1.807) is 18.2 Å². The van der Waals surface area contributed by atoms with Gasteiger partial charge in [0.05, 0.1) is 17.7 Å². The van der Waals surface area contributed by atoms with Gasteiger partial charge in [0, 0.05) is 43.5 Å². The summed E-state index contributed by atoms with van der Waals surface area (Å²) in [5, 5.41) is 0.492. The molecule has 0 radical (unpaired) electrons.